The van der Waals surface area contributed by atoms with Gasteiger partial charge in [-0.3, -0.25) is 9.36 Å². The van der Waals surface area contributed by atoms with Crippen molar-refractivity contribution in [3.63, 3.8) is 0 Å². The predicted molar refractivity (Wildman–Crippen MR) is 172 cm³/mol. The van der Waals surface area contributed by atoms with E-state index in [-0.39, 0.29) is 37.1 Å². The molecule has 1 aliphatic rings. The van der Waals surface area contributed by atoms with Crippen LogP contribution in [-0.2, 0) is 19.1 Å². The molecule has 0 spiro atoms. The van der Waals surface area contributed by atoms with Gasteiger partial charge in [0.2, 0.25) is 0 Å². The standard InChI is InChI=1S/C32H35BrN2O9S/c1-8-41-26(36)16-43-29-21(33)12-19(13-24(29)40-7)14-25-30(37)35-28(20-10-11-22(44-17(3)4)23(15-20)39-6)27(31(38)42-9-2)18(5)34-32(35)45-25/h10-15,17,28H,8-9,16H2,1-7H3/b25-14-/t28-/m1/s1. The first-order chi connectivity index (χ1) is 21.5. The van der Waals surface area contributed by atoms with Gasteiger partial charge in [-0.05, 0) is 92.0 Å². The average molecular weight is 704 g/mol. The molecule has 1 aromatic heterocycles. The Balaban J connectivity index is 1.85. The summed E-state index contributed by atoms with van der Waals surface area (Å²) in [5.74, 6) is 0.592. The smallest absolute Gasteiger partial charge is 0.344 e. The molecule has 0 unspecified atom stereocenters. The van der Waals surface area contributed by atoms with E-state index >= 15 is 0 Å². The first kappa shape index (κ1) is 33.8. The van der Waals surface area contributed by atoms with E-state index in [9.17, 15) is 14.4 Å². The van der Waals surface area contributed by atoms with Crippen LogP contribution in [0.4, 0.5) is 0 Å². The van der Waals surface area contributed by atoms with Crippen molar-refractivity contribution in [2.24, 2.45) is 4.99 Å². The predicted octanol–water partition coefficient (Wildman–Crippen LogP) is 4.31. The number of nitrogens with zero attached hydrogens (tertiary/aromatic N) is 2. The lowest BCUT2D eigenvalue weighted by molar-refractivity contribution is -0.145. The van der Waals surface area contributed by atoms with Crippen molar-refractivity contribution in [1.29, 1.82) is 0 Å². The van der Waals surface area contributed by atoms with Gasteiger partial charge >= 0.3 is 11.9 Å². The molecule has 45 heavy (non-hydrogen) atoms. The fourth-order valence-corrected chi connectivity index (χ4v) is 6.38. The summed E-state index contributed by atoms with van der Waals surface area (Å²) in [4.78, 5) is 44.2. The quantitative estimate of drug-likeness (QED) is 0.254. The number of ether oxygens (including phenoxy) is 6. The molecule has 240 valence electrons. The van der Waals surface area contributed by atoms with E-state index in [0.717, 1.165) is 0 Å². The van der Waals surface area contributed by atoms with Gasteiger partial charge in [0, 0.05) is 0 Å². The third-order valence-corrected chi connectivity index (χ3v) is 8.14. The summed E-state index contributed by atoms with van der Waals surface area (Å²) >= 11 is 4.67. The molecule has 4 rings (SSSR count). The highest BCUT2D eigenvalue weighted by Crippen LogP contribution is 2.38. The summed E-state index contributed by atoms with van der Waals surface area (Å²) in [5.41, 5.74) is 1.60. The molecular weight excluding hydrogens is 668 g/mol. The van der Waals surface area contributed by atoms with Gasteiger partial charge in [-0.2, -0.15) is 0 Å². The van der Waals surface area contributed by atoms with E-state index in [1.165, 1.54) is 30.1 Å². The van der Waals surface area contributed by atoms with Gasteiger partial charge in [-0.15, -0.1) is 0 Å². The van der Waals surface area contributed by atoms with Gasteiger partial charge in [0.05, 0.1) is 59.9 Å². The number of benzene rings is 2. The normalized spacial score (nSPS) is 14.5. The Morgan fingerprint density at radius 1 is 1.04 bits per heavy atom. The molecule has 0 aliphatic carbocycles. The molecule has 1 atom stereocenters. The SMILES string of the molecule is CCOC(=O)COc1c(Br)cc(/C=c2\sc3n(c2=O)[C@H](c2ccc(OC(C)C)c(OC)c2)C(C(=O)OCC)=C(C)N=3)cc1OC. The highest BCUT2D eigenvalue weighted by molar-refractivity contribution is 9.10. The number of aromatic nitrogens is 1. The van der Waals surface area contributed by atoms with Crippen LogP contribution >= 0.6 is 27.3 Å². The molecule has 0 saturated heterocycles. The van der Waals surface area contributed by atoms with Crippen LogP contribution in [0, 0.1) is 0 Å². The lowest BCUT2D eigenvalue weighted by atomic mass is 9.95. The van der Waals surface area contributed by atoms with Gasteiger partial charge in [-0.25, -0.2) is 14.6 Å². The molecule has 1 aliphatic heterocycles. The van der Waals surface area contributed by atoms with Gasteiger partial charge in [0.15, 0.2) is 34.4 Å². The summed E-state index contributed by atoms with van der Waals surface area (Å²) < 4.78 is 35.4. The molecular formula is C32H35BrN2O9S. The Labute approximate surface area is 272 Å². The van der Waals surface area contributed by atoms with Crippen LogP contribution in [0.15, 0.2) is 55.9 Å². The molecule has 2 heterocycles. The van der Waals surface area contributed by atoms with Gasteiger partial charge < -0.3 is 28.4 Å². The zero-order chi connectivity index (χ0) is 32.8. The van der Waals surface area contributed by atoms with Gasteiger partial charge in [-0.1, -0.05) is 17.4 Å². The van der Waals surface area contributed by atoms with Crippen molar-refractivity contribution in [1.82, 2.24) is 4.57 Å². The highest BCUT2D eigenvalue weighted by Gasteiger charge is 2.34. The van der Waals surface area contributed by atoms with Crippen molar-refractivity contribution < 1.29 is 38.0 Å². The third-order valence-electron chi connectivity index (χ3n) is 6.57. The number of allylic oxidation sites excluding steroid dienone is 1. The van der Waals surface area contributed by atoms with E-state index in [2.05, 4.69) is 20.9 Å². The zero-order valence-electron chi connectivity index (χ0n) is 26.1. The molecule has 0 N–H and O–H groups in total. The van der Waals surface area contributed by atoms with E-state index in [1.807, 2.05) is 13.8 Å². The maximum Gasteiger partial charge on any atom is 0.344 e. The minimum Gasteiger partial charge on any atom is -0.493 e. The number of carbonyl (C=O) groups excluding carboxylic acids is 2. The molecule has 2 aromatic carbocycles. The number of fused-ring (bicyclic) bond motifs is 1. The zero-order valence-corrected chi connectivity index (χ0v) is 28.5. The monoisotopic (exact) mass is 702 g/mol. The number of rotatable bonds is 12. The van der Waals surface area contributed by atoms with Crippen LogP contribution < -0.4 is 33.8 Å². The van der Waals surface area contributed by atoms with Crippen molar-refractivity contribution in [2.45, 2.75) is 46.8 Å². The lowest BCUT2D eigenvalue weighted by Crippen LogP contribution is -2.40. The van der Waals surface area contributed by atoms with Crippen LogP contribution in [0.25, 0.3) is 6.08 Å². The molecule has 3 aromatic rings. The van der Waals surface area contributed by atoms with Crippen LogP contribution in [0.3, 0.4) is 0 Å². The largest absolute Gasteiger partial charge is 0.493 e. The molecule has 0 saturated carbocycles. The summed E-state index contributed by atoms with van der Waals surface area (Å²) in [7, 11) is 3.01. The van der Waals surface area contributed by atoms with E-state index in [1.54, 1.807) is 57.2 Å². The lowest BCUT2D eigenvalue weighted by Gasteiger charge is -2.25. The Morgan fingerprint density at radius 2 is 1.76 bits per heavy atom. The van der Waals surface area contributed by atoms with Crippen molar-refractivity contribution >= 4 is 45.3 Å². The number of hydrogen-bond donors (Lipinski definition) is 0. The fraction of sp³-hybridized carbons (Fsp3) is 0.375. The second-order valence-electron chi connectivity index (χ2n) is 10.0. The topological polar surface area (TPSA) is 124 Å². The molecule has 0 fully saturated rings. The maximum absolute atomic E-state index is 14.1. The third kappa shape index (κ3) is 7.42. The minimum absolute atomic E-state index is 0.0866. The maximum atomic E-state index is 14.1. The first-order valence-electron chi connectivity index (χ1n) is 14.2. The van der Waals surface area contributed by atoms with Crippen LogP contribution in [0.5, 0.6) is 23.0 Å². The number of thiazole rings is 1. The number of esters is 2. The van der Waals surface area contributed by atoms with E-state index in [4.69, 9.17) is 28.4 Å². The van der Waals surface area contributed by atoms with Crippen LogP contribution in [0.2, 0.25) is 0 Å². The average Bonchev–Trinajstić information content (AvgIpc) is 3.29. The fourth-order valence-electron chi connectivity index (χ4n) is 4.76. The Morgan fingerprint density at radius 3 is 2.40 bits per heavy atom. The number of halogens is 1. The second kappa shape index (κ2) is 14.8. The Kier molecular flexibility index (Phi) is 11.1. The van der Waals surface area contributed by atoms with Gasteiger partial charge in [0.25, 0.3) is 5.56 Å². The van der Waals surface area contributed by atoms with Crippen molar-refractivity contribution in [2.75, 3.05) is 34.0 Å². The summed E-state index contributed by atoms with van der Waals surface area (Å²) in [6, 6.07) is 7.92. The minimum atomic E-state index is -0.829. The number of carbonyl (C=O) groups is 2. The van der Waals surface area contributed by atoms with E-state index < -0.39 is 18.0 Å². The summed E-state index contributed by atoms with van der Waals surface area (Å²) in [6.07, 6.45) is 1.61. The highest BCUT2D eigenvalue weighted by atomic mass is 79.9. The van der Waals surface area contributed by atoms with Crippen LogP contribution in [-0.4, -0.2) is 56.6 Å². The van der Waals surface area contributed by atoms with Gasteiger partial charge in [0.1, 0.15) is 0 Å². The Bertz CT molecular complexity index is 1810. The van der Waals surface area contributed by atoms with E-state index in [0.29, 0.717) is 53.6 Å². The molecule has 0 bridgehead atoms. The second-order valence-corrected chi connectivity index (χ2v) is 11.9. The molecule has 0 radical (unpaired) electrons. The van der Waals surface area contributed by atoms with Crippen LogP contribution in [0.1, 0.15) is 51.8 Å². The molecule has 11 nitrogen and oxygen atoms in total. The number of hydrogen-bond acceptors (Lipinski definition) is 11. The summed E-state index contributed by atoms with van der Waals surface area (Å²) in [5, 5.41) is 0. The molecule has 13 heteroatoms. The Hall–Kier alpha value is -4.10. The summed E-state index contributed by atoms with van der Waals surface area (Å²) in [6.45, 7) is 9.08. The first-order valence-corrected chi connectivity index (χ1v) is 15.8. The van der Waals surface area contributed by atoms with Crippen molar-refractivity contribution in [3.8, 4) is 23.0 Å². The molecule has 0 amide bonds. The number of methoxy groups -OCH3 is 2. The van der Waals surface area contributed by atoms with Crippen molar-refractivity contribution in [3.05, 3.63) is 76.9 Å².